The summed E-state index contributed by atoms with van der Waals surface area (Å²) in [7, 11) is 0. The highest BCUT2D eigenvalue weighted by Gasteiger charge is 2.15. The molecule has 0 aliphatic heterocycles. The normalized spacial score (nSPS) is 12.4. The third kappa shape index (κ3) is 2.68. The lowest BCUT2D eigenvalue weighted by Crippen LogP contribution is -2.27. The Morgan fingerprint density at radius 3 is 3.00 bits per heavy atom. The highest BCUT2D eigenvalue weighted by atomic mass is 32.1. The summed E-state index contributed by atoms with van der Waals surface area (Å²) >= 11 is 1.61. The molecule has 17 heavy (non-hydrogen) atoms. The Balaban J connectivity index is 2.01. The smallest absolute Gasteiger partial charge is 0.289 e. The van der Waals surface area contributed by atoms with Crippen molar-refractivity contribution in [2.24, 2.45) is 0 Å². The van der Waals surface area contributed by atoms with Crippen LogP contribution >= 0.6 is 11.3 Å². The van der Waals surface area contributed by atoms with Crippen LogP contribution in [-0.4, -0.2) is 26.1 Å². The second kappa shape index (κ2) is 5.05. The Hall–Kier alpha value is -1.76. The fraction of sp³-hybridized carbons (Fsp3) is 0.400. The summed E-state index contributed by atoms with van der Waals surface area (Å²) in [5, 5.41) is 9.86. The Bertz CT molecular complexity index is 493. The van der Waals surface area contributed by atoms with Gasteiger partial charge in [0, 0.05) is 11.1 Å². The minimum atomic E-state index is -0.275. The van der Waals surface area contributed by atoms with Gasteiger partial charge < -0.3 is 5.32 Å². The number of aromatic amines is 1. The predicted octanol–water partition coefficient (Wildman–Crippen LogP) is 1.31. The molecule has 0 bridgehead atoms. The van der Waals surface area contributed by atoms with Crippen LogP contribution in [0, 0.1) is 0 Å². The lowest BCUT2D eigenvalue weighted by atomic mass is 10.3. The molecule has 0 radical (unpaired) electrons. The third-order valence-electron chi connectivity index (χ3n) is 2.27. The summed E-state index contributed by atoms with van der Waals surface area (Å²) in [5.74, 6) is -0.0626. The van der Waals surface area contributed by atoms with Crippen molar-refractivity contribution in [3.63, 3.8) is 0 Å². The lowest BCUT2D eigenvalue weighted by Gasteiger charge is -2.09. The summed E-state index contributed by atoms with van der Waals surface area (Å²) in [6.45, 7) is 3.97. The molecular weight excluding hydrogens is 238 g/mol. The summed E-state index contributed by atoms with van der Waals surface area (Å²) < 4.78 is 0. The first kappa shape index (κ1) is 11.7. The molecule has 6 nitrogen and oxygen atoms in total. The summed E-state index contributed by atoms with van der Waals surface area (Å²) in [6.07, 6.45) is 4.11. The minimum Gasteiger partial charge on any atom is -0.340 e. The Kier molecular flexibility index (Phi) is 3.48. The molecular formula is C10H13N5OS. The zero-order chi connectivity index (χ0) is 12.3. The average Bonchev–Trinajstić information content (AvgIpc) is 3.00. The zero-order valence-corrected chi connectivity index (χ0v) is 10.4. The number of nitrogens with zero attached hydrogens (tertiary/aromatic N) is 3. The van der Waals surface area contributed by atoms with Crippen molar-refractivity contribution in [3.8, 4) is 0 Å². The van der Waals surface area contributed by atoms with E-state index in [4.69, 9.17) is 0 Å². The molecule has 0 aromatic carbocycles. The molecule has 2 heterocycles. The van der Waals surface area contributed by atoms with Gasteiger partial charge in [-0.05, 0) is 13.3 Å². The lowest BCUT2D eigenvalue weighted by molar-refractivity contribution is 0.0929. The molecule has 2 aromatic heterocycles. The average molecular weight is 251 g/mol. The molecule has 2 aromatic rings. The molecule has 2 rings (SSSR count). The van der Waals surface area contributed by atoms with Gasteiger partial charge >= 0.3 is 0 Å². The van der Waals surface area contributed by atoms with Crippen molar-refractivity contribution in [1.29, 1.82) is 0 Å². The van der Waals surface area contributed by atoms with E-state index in [1.165, 1.54) is 11.2 Å². The van der Waals surface area contributed by atoms with Crippen molar-refractivity contribution in [2.45, 2.75) is 26.3 Å². The molecule has 0 aliphatic rings. The maximum atomic E-state index is 11.7. The SMILES string of the molecule is CCc1cnc(C(C)NC(=O)c2ncn[nH]2)s1. The number of hydrogen-bond acceptors (Lipinski definition) is 5. The molecule has 1 amide bonds. The third-order valence-corrected chi connectivity index (χ3v) is 3.59. The van der Waals surface area contributed by atoms with Crippen LogP contribution in [-0.2, 0) is 6.42 Å². The van der Waals surface area contributed by atoms with Gasteiger partial charge in [0.1, 0.15) is 11.3 Å². The number of amides is 1. The summed E-state index contributed by atoms with van der Waals surface area (Å²) in [6, 6.07) is -0.127. The van der Waals surface area contributed by atoms with Gasteiger partial charge in [-0.2, -0.15) is 5.10 Å². The number of nitrogens with one attached hydrogen (secondary N) is 2. The quantitative estimate of drug-likeness (QED) is 0.858. The molecule has 2 N–H and O–H groups in total. The molecule has 90 valence electrons. The van der Waals surface area contributed by atoms with Crippen LogP contribution in [0.1, 0.15) is 40.4 Å². The standard InChI is InChI=1S/C10H13N5OS/c1-3-7-4-11-10(17-7)6(2)14-9(16)8-12-5-13-15-8/h4-6H,3H2,1-2H3,(H,14,16)(H,12,13,15). The van der Waals surface area contributed by atoms with E-state index in [-0.39, 0.29) is 17.8 Å². The van der Waals surface area contributed by atoms with Gasteiger partial charge in [-0.1, -0.05) is 6.92 Å². The van der Waals surface area contributed by atoms with E-state index in [2.05, 4.69) is 32.4 Å². The maximum Gasteiger partial charge on any atom is 0.289 e. The highest BCUT2D eigenvalue weighted by Crippen LogP contribution is 2.20. The first-order chi connectivity index (χ1) is 8.20. The van der Waals surface area contributed by atoms with Crippen LogP contribution in [0.3, 0.4) is 0 Å². The Morgan fingerprint density at radius 2 is 2.41 bits per heavy atom. The van der Waals surface area contributed by atoms with Crippen molar-refractivity contribution in [3.05, 3.63) is 28.2 Å². The van der Waals surface area contributed by atoms with E-state index < -0.39 is 0 Å². The number of carbonyl (C=O) groups excluding carboxylic acids is 1. The number of aromatic nitrogens is 4. The van der Waals surface area contributed by atoms with E-state index in [1.807, 2.05) is 13.1 Å². The predicted molar refractivity (Wildman–Crippen MR) is 63.8 cm³/mol. The van der Waals surface area contributed by atoms with E-state index in [1.54, 1.807) is 11.3 Å². The van der Waals surface area contributed by atoms with Gasteiger partial charge in [-0.25, -0.2) is 9.97 Å². The number of aryl methyl sites for hydroxylation is 1. The summed E-state index contributed by atoms with van der Waals surface area (Å²) in [4.78, 5) is 21.0. The molecule has 0 saturated heterocycles. The van der Waals surface area contributed by atoms with Crippen LogP contribution in [0.5, 0.6) is 0 Å². The second-order valence-electron chi connectivity index (χ2n) is 3.55. The molecule has 0 saturated carbocycles. The van der Waals surface area contributed by atoms with Gasteiger partial charge in [0.25, 0.3) is 5.91 Å². The molecule has 1 atom stereocenters. The van der Waals surface area contributed by atoms with Gasteiger partial charge in [-0.3, -0.25) is 9.89 Å². The Labute approximate surface area is 103 Å². The van der Waals surface area contributed by atoms with E-state index >= 15 is 0 Å². The number of carbonyl (C=O) groups is 1. The van der Waals surface area contributed by atoms with Crippen LogP contribution in [0.2, 0.25) is 0 Å². The maximum absolute atomic E-state index is 11.7. The topological polar surface area (TPSA) is 83.6 Å². The second-order valence-corrected chi connectivity index (χ2v) is 4.69. The molecule has 0 fully saturated rings. The van der Waals surface area contributed by atoms with Crippen LogP contribution in [0.15, 0.2) is 12.5 Å². The van der Waals surface area contributed by atoms with Gasteiger partial charge in [-0.15, -0.1) is 11.3 Å². The van der Waals surface area contributed by atoms with Crippen molar-refractivity contribution in [2.75, 3.05) is 0 Å². The van der Waals surface area contributed by atoms with Gasteiger partial charge in [0.2, 0.25) is 5.82 Å². The largest absolute Gasteiger partial charge is 0.340 e. The highest BCUT2D eigenvalue weighted by molar-refractivity contribution is 7.11. The Morgan fingerprint density at radius 1 is 1.59 bits per heavy atom. The van der Waals surface area contributed by atoms with E-state index in [0.717, 1.165) is 11.4 Å². The first-order valence-corrected chi connectivity index (χ1v) is 6.13. The van der Waals surface area contributed by atoms with Crippen LogP contribution < -0.4 is 5.32 Å². The van der Waals surface area contributed by atoms with E-state index in [9.17, 15) is 4.79 Å². The van der Waals surface area contributed by atoms with E-state index in [0.29, 0.717) is 0 Å². The van der Waals surface area contributed by atoms with Crippen molar-refractivity contribution < 1.29 is 4.79 Å². The molecule has 1 unspecified atom stereocenters. The monoisotopic (exact) mass is 251 g/mol. The number of rotatable bonds is 4. The van der Waals surface area contributed by atoms with Crippen molar-refractivity contribution >= 4 is 17.2 Å². The van der Waals surface area contributed by atoms with Gasteiger partial charge in [0.15, 0.2) is 0 Å². The zero-order valence-electron chi connectivity index (χ0n) is 9.60. The molecule has 0 spiro atoms. The molecule has 7 heteroatoms. The fourth-order valence-corrected chi connectivity index (χ4v) is 2.19. The summed E-state index contributed by atoms with van der Waals surface area (Å²) in [5.41, 5.74) is 0. The number of H-pyrrole nitrogens is 1. The minimum absolute atomic E-state index is 0.127. The van der Waals surface area contributed by atoms with Crippen LogP contribution in [0.4, 0.5) is 0 Å². The van der Waals surface area contributed by atoms with Crippen molar-refractivity contribution in [1.82, 2.24) is 25.5 Å². The van der Waals surface area contributed by atoms with Gasteiger partial charge in [0.05, 0.1) is 6.04 Å². The first-order valence-electron chi connectivity index (χ1n) is 5.31. The number of hydrogen-bond donors (Lipinski definition) is 2. The fourth-order valence-electron chi connectivity index (χ4n) is 1.33. The number of thiazole rings is 1. The van der Waals surface area contributed by atoms with Crippen LogP contribution in [0.25, 0.3) is 0 Å². The molecule has 0 aliphatic carbocycles.